The van der Waals surface area contributed by atoms with Crippen LogP contribution in [0.5, 0.6) is 23.0 Å². The van der Waals surface area contributed by atoms with Crippen LogP contribution in [0.15, 0.2) is 78.9 Å². The van der Waals surface area contributed by atoms with Crippen molar-refractivity contribution in [2.75, 3.05) is 34.7 Å². The van der Waals surface area contributed by atoms with E-state index in [2.05, 4.69) is 78.3 Å². The number of hydrogen-bond donors (Lipinski definition) is 0. The third kappa shape index (κ3) is 6.06. The Morgan fingerprint density at radius 3 is 1.82 bits per heavy atom. The van der Waals surface area contributed by atoms with Gasteiger partial charge in [0.25, 0.3) is 0 Å². The van der Waals surface area contributed by atoms with E-state index in [4.69, 9.17) is 31.9 Å². The van der Waals surface area contributed by atoms with Crippen molar-refractivity contribution in [3.8, 4) is 56.4 Å². The van der Waals surface area contributed by atoms with Gasteiger partial charge < -0.3 is 23.5 Å². The van der Waals surface area contributed by atoms with E-state index < -0.39 is 10.1 Å². The van der Waals surface area contributed by atoms with E-state index in [1.807, 2.05) is 12.1 Å². The first kappa shape index (κ1) is 30.8. The lowest BCUT2D eigenvalue weighted by Crippen LogP contribution is -2.37. The van der Waals surface area contributed by atoms with Crippen LogP contribution in [0.2, 0.25) is 0 Å². The zero-order valence-corrected chi connectivity index (χ0v) is 26.4. The summed E-state index contributed by atoms with van der Waals surface area (Å²) in [6.07, 6.45) is 2.36. The minimum absolute atomic E-state index is 0.604. The minimum atomic E-state index is -3.92. The second kappa shape index (κ2) is 12.6. The molecule has 4 aromatic carbocycles. The SMILES string of the molecule is COc1cc2cc3c([n+](C)c2cc1OC)CCc1c-3cc(-c2ccc(-c3ccccc3)cc2)c(OC)c1OC.CS(=O)(=O)[O-]. The summed E-state index contributed by atoms with van der Waals surface area (Å²) < 4.78 is 52.7. The summed E-state index contributed by atoms with van der Waals surface area (Å²) in [5.41, 5.74) is 10.4. The predicted octanol–water partition coefficient (Wildman–Crippen LogP) is 5.96. The molecule has 0 bridgehead atoms. The van der Waals surface area contributed by atoms with Crippen LogP contribution in [0.1, 0.15) is 11.3 Å². The summed E-state index contributed by atoms with van der Waals surface area (Å²) in [5.74, 6) is 3.01. The van der Waals surface area contributed by atoms with Crippen LogP contribution >= 0.6 is 0 Å². The topological polar surface area (TPSA) is 98.0 Å². The smallest absolute Gasteiger partial charge is 0.216 e. The number of methoxy groups -OCH3 is 4. The number of hydrogen-bond acceptors (Lipinski definition) is 7. The molecular weight excluding hydrogens is 578 g/mol. The molecule has 0 spiro atoms. The number of aromatic nitrogens is 1. The number of aryl methyl sites for hydroxylation is 1. The maximum absolute atomic E-state index is 9.08. The Hall–Kier alpha value is -4.60. The predicted molar refractivity (Wildman–Crippen MR) is 171 cm³/mol. The van der Waals surface area contributed by atoms with Gasteiger partial charge in [0.15, 0.2) is 28.7 Å². The van der Waals surface area contributed by atoms with Gasteiger partial charge in [-0.25, -0.2) is 8.42 Å². The lowest BCUT2D eigenvalue weighted by molar-refractivity contribution is -0.652. The van der Waals surface area contributed by atoms with E-state index in [0.29, 0.717) is 12.0 Å². The van der Waals surface area contributed by atoms with E-state index in [0.717, 1.165) is 52.1 Å². The lowest BCUT2D eigenvalue weighted by Gasteiger charge is -2.24. The van der Waals surface area contributed by atoms with Gasteiger partial charge in [0.2, 0.25) is 5.52 Å². The van der Waals surface area contributed by atoms with Crippen LogP contribution in [-0.2, 0) is 30.0 Å². The average Bonchev–Trinajstić information content (AvgIpc) is 3.03. The molecule has 8 nitrogen and oxygen atoms in total. The first-order valence-electron chi connectivity index (χ1n) is 14.0. The molecule has 0 atom stereocenters. The quantitative estimate of drug-likeness (QED) is 0.172. The van der Waals surface area contributed by atoms with Crippen molar-refractivity contribution in [3.63, 3.8) is 0 Å². The molecule has 228 valence electrons. The highest BCUT2D eigenvalue weighted by Gasteiger charge is 2.31. The molecule has 0 saturated heterocycles. The molecule has 0 unspecified atom stereocenters. The van der Waals surface area contributed by atoms with E-state index in [1.54, 1.807) is 28.4 Å². The number of benzene rings is 4. The van der Waals surface area contributed by atoms with Crippen molar-refractivity contribution < 1.29 is 36.5 Å². The first-order chi connectivity index (χ1) is 21.1. The molecule has 44 heavy (non-hydrogen) atoms. The molecule has 9 heteroatoms. The molecule has 0 fully saturated rings. The maximum Gasteiger partial charge on any atom is 0.216 e. The highest BCUT2D eigenvalue weighted by Crippen LogP contribution is 2.49. The van der Waals surface area contributed by atoms with Crippen LogP contribution < -0.4 is 23.5 Å². The summed E-state index contributed by atoms with van der Waals surface area (Å²) in [6.45, 7) is 0. The van der Waals surface area contributed by atoms with Gasteiger partial charge in [-0.3, -0.25) is 0 Å². The number of pyridine rings is 1. The third-order valence-corrected chi connectivity index (χ3v) is 7.86. The van der Waals surface area contributed by atoms with Gasteiger partial charge in [-0.15, -0.1) is 0 Å². The molecule has 0 aliphatic heterocycles. The molecule has 1 heterocycles. The van der Waals surface area contributed by atoms with Gasteiger partial charge in [-0.2, -0.15) is 4.57 Å². The zero-order chi connectivity index (χ0) is 31.6. The Kier molecular flexibility index (Phi) is 8.80. The minimum Gasteiger partial charge on any atom is -0.748 e. The zero-order valence-electron chi connectivity index (χ0n) is 25.6. The van der Waals surface area contributed by atoms with Crippen molar-refractivity contribution in [1.29, 1.82) is 0 Å². The maximum atomic E-state index is 9.08. The number of nitrogens with zero attached hydrogens (tertiary/aromatic N) is 1. The molecule has 0 N–H and O–H groups in total. The average molecular weight is 614 g/mol. The standard InChI is InChI=1S/C34H32NO4.CH4O3S/c1-35-29-16-15-25-27(28(29)17-24-18-31(36-2)32(37-3)20-30(24)35)19-26(34(39-5)33(25)38-4)23-13-11-22(12-14-23)21-9-7-6-8-10-21;1-5(2,3)4/h6-14,17-20H,15-16H2,1-5H3;1H3,(H,2,3,4)/q+1;/p-1. The number of rotatable bonds is 6. The van der Waals surface area contributed by atoms with Gasteiger partial charge >= 0.3 is 0 Å². The summed E-state index contributed by atoms with van der Waals surface area (Å²) in [6, 6.07) is 27.7. The second-order valence-electron chi connectivity index (χ2n) is 10.5. The van der Waals surface area contributed by atoms with Crippen molar-refractivity contribution in [3.05, 3.63) is 90.1 Å². The Balaban J connectivity index is 0.000000712. The Morgan fingerprint density at radius 2 is 1.23 bits per heavy atom. The summed E-state index contributed by atoms with van der Waals surface area (Å²) in [7, 11) is 5.00. The highest BCUT2D eigenvalue weighted by molar-refractivity contribution is 7.84. The highest BCUT2D eigenvalue weighted by atomic mass is 32.2. The van der Waals surface area contributed by atoms with E-state index in [9.17, 15) is 0 Å². The molecule has 1 aliphatic carbocycles. The number of fused-ring (bicyclic) bond motifs is 4. The number of ether oxygens (including phenoxy) is 4. The fraction of sp³-hybridized carbons (Fsp3) is 0.229. The fourth-order valence-corrected chi connectivity index (χ4v) is 5.91. The van der Waals surface area contributed by atoms with Crippen molar-refractivity contribution in [2.45, 2.75) is 12.8 Å². The van der Waals surface area contributed by atoms with Gasteiger partial charge in [0.05, 0.1) is 55.6 Å². The molecule has 6 rings (SSSR count). The summed E-state index contributed by atoms with van der Waals surface area (Å²) in [4.78, 5) is 0. The fourth-order valence-electron chi connectivity index (χ4n) is 5.91. The largest absolute Gasteiger partial charge is 0.748 e. The van der Waals surface area contributed by atoms with Crippen molar-refractivity contribution in [1.82, 2.24) is 0 Å². The van der Waals surface area contributed by atoms with Crippen molar-refractivity contribution >= 4 is 21.0 Å². The Bertz CT molecular complexity index is 1930. The summed E-state index contributed by atoms with van der Waals surface area (Å²) in [5, 5.41) is 1.09. The first-order valence-corrected chi connectivity index (χ1v) is 15.8. The normalized spacial score (nSPS) is 12.0. The monoisotopic (exact) mass is 613 g/mol. The van der Waals surface area contributed by atoms with Gasteiger partial charge in [-0.05, 0) is 46.9 Å². The molecule has 1 aliphatic rings. The van der Waals surface area contributed by atoms with E-state index >= 15 is 0 Å². The van der Waals surface area contributed by atoms with Gasteiger partial charge in [0, 0.05) is 23.8 Å². The van der Waals surface area contributed by atoms with Crippen LogP contribution in [0.4, 0.5) is 0 Å². The molecule has 0 amide bonds. The van der Waals surface area contributed by atoms with Crippen LogP contribution in [0.3, 0.4) is 0 Å². The van der Waals surface area contributed by atoms with Crippen LogP contribution in [0, 0.1) is 0 Å². The van der Waals surface area contributed by atoms with Crippen LogP contribution in [0.25, 0.3) is 44.3 Å². The van der Waals surface area contributed by atoms with Gasteiger partial charge in [0.1, 0.15) is 7.05 Å². The molecule has 1 aromatic heterocycles. The van der Waals surface area contributed by atoms with Crippen molar-refractivity contribution in [2.24, 2.45) is 7.05 Å². The lowest BCUT2D eigenvalue weighted by atomic mass is 9.84. The van der Waals surface area contributed by atoms with Crippen LogP contribution in [-0.4, -0.2) is 47.7 Å². The summed E-state index contributed by atoms with van der Waals surface area (Å²) >= 11 is 0. The Labute approximate surface area is 258 Å². The second-order valence-corrected chi connectivity index (χ2v) is 11.9. The molecule has 0 radical (unpaired) electrons. The molecule has 0 saturated carbocycles. The van der Waals surface area contributed by atoms with E-state index in [1.165, 1.54) is 33.5 Å². The molecular formula is C35H35NO7S. The van der Waals surface area contributed by atoms with Gasteiger partial charge in [-0.1, -0.05) is 54.6 Å². The molecule has 5 aromatic rings. The Morgan fingerprint density at radius 1 is 0.659 bits per heavy atom. The third-order valence-electron chi connectivity index (χ3n) is 7.86. The van der Waals surface area contributed by atoms with E-state index in [-0.39, 0.29) is 0 Å².